The molecule has 74 valence electrons. The zero-order valence-corrected chi connectivity index (χ0v) is 9.58. The summed E-state index contributed by atoms with van der Waals surface area (Å²) >= 11 is 3.35. The quantitative estimate of drug-likeness (QED) is 0.793. The van der Waals surface area contributed by atoms with Gasteiger partial charge in [-0.2, -0.15) is 5.26 Å². The fourth-order valence-electron chi connectivity index (χ4n) is 1.30. The predicted octanol–water partition coefficient (Wildman–Crippen LogP) is 3.28. The van der Waals surface area contributed by atoms with Crippen LogP contribution in [0, 0.1) is 18.3 Å². The molecule has 0 bridgehead atoms. The van der Waals surface area contributed by atoms with E-state index in [2.05, 4.69) is 27.2 Å². The minimum atomic E-state index is 0.498. The molecule has 15 heavy (non-hydrogen) atoms. The first-order chi connectivity index (χ1) is 7.22. The maximum Gasteiger partial charge on any atom is 0.184 e. The van der Waals surface area contributed by atoms with Crippen LogP contribution in [-0.2, 0) is 0 Å². The molecular weight excluding hydrogens is 256 g/mol. The van der Waals surface area contributed by atoms with Crippen molar-refractivity contribution in [2.24, 2.45) is 0 Å². The van der Waals surface area contributed by atoms with E-state index in [1.54, 1.807) is 6.92 Å². The molecule has 0 aliphatic carbocycles. The van der Waals surface area contributed by atoms with Crippen LogP contribution >= 0.6 is 15.9 Å². The largest absolute Gasteiger partial charge is 0.355 e. The maximum absolute atomic E-state index is 8.94. The molecule has 0 fully saturated rings. The van der Waals surface area contributed by atoms with Crippen LogP contribution in [0.15, 0.2) is 33.3 Å². The third-order valence-electron chi connectivity index (χ3n) is 2.08. The number of benzene rings is 1. The number of hydrogen-bond acceptors (Lipinski definition) is 3. The molecule has 0 saturated heterocycles. The molecule has 0 radical (unpaired) electrons. The second-order valence-electron chi connectivity index (χ2n) is 3.09. The number of aromatic nitrogens is 1. The van der Waals surface area contributed by atoms with Crippen molar-refractivity contribution in [3.05, 3.63) is 40.0 Å². The molecule has 1 heterocycles. The van der Waals surface area contributed by atoms with Gasteiger partial charge in [0.05, 0.1) is 5.69 Å². The van der Waals surface area contributed by atoms with Crippen molar-refractivity contribution in [3.8, 4) is 17.4 Å². The van der Waals surface area contributed by atoms with Gasteiger partial charge in [-0.3, -0.25) is 0 Å². The summed E-state index contributed by atoms with van der Waals surface area (Å²) in [6.45, 7) is 1.75. The van der Waals surface area contributed by atoms with Gasteiger partial charge in [0, 0.05) is 10.0 Å². The Morgan fingerprint density at radius 3 is 2.60 bits per heavy atom. The van der Waals surface area contributed by atoms with E-state index in [1.165, 1.54) is 0 Å². The smallest absolute Gasteiger partial charge is 0.184 e. The Labute approximate surface area is 95.4 Å². The highest BCUT2D eigenvalue weighted by molar-refractivity contribution is 9.10. The van der Waals surface area contributed by atoms with Crippen LogP contribution < -0.4 is 0 Å². The Morgan fingerprint density at radius 1 is 1.33 bits per heavy atom. The van der Waals surface area contributed by atoms with Crippen molar-refractivity contribution in [3.63, 3.8) is 0 Å². The standard InChI is InChI=1S/C11H7BrN2O/c1-7-10(6-13)11(15-14-7)8-2-4-9(12)5-3-8/h2-5H,1H3. The van der Waals surface area contributed by atoms with E-state index in [1.807, 2.05) is 24.3 Å². The first-order valence-corrected chi connectivity index (χ1v) is 5.14. The molecule has 4 heteroatoms. The van der Waals surface area contributed by atoms with E-state index in [-0.39, 0.29) is 0 Å². The lowest BCUT2D eigenvalue weighted by Crippen LogP contribution is -1.80. The number of rotatable bonds is 1. The van der Waals surface area contributed by atoms with Gasteiger partial charge in [0.15, 0.2) is 5.76 Å². The first kappa shape index (κ1) is 9.94. The summed E-state index contributed by atoms with van der Waals surface area (Å²) in [4.78, 5) is 0. The molecule has 1 aromatic carbocycles. The Balaban J connectivity index is 2.55. The normalized spacial score (nSPS) is 9.93. The molecule has 0 amide bonds. The third kappa shape index (κ3) is 1.79. The Morgan fingerprint density at radius 2 is 2.00 bits per heavy atom. The van der Waals surface area contributed by atoms with E-state index in [0.717, 1.165) is 10.0 Å². The molecule has 0 atom stereocenters. The second kappa shape index (κ2) is 3.87. The van der Waals surface area contributed by atoms with Crippen LogP contribution in [0.25, 0.3) is 11.3 Å². The summed E-state index contributed by atoms with van der Waals surface area (Å²) in [5, 5.41) is 12.7. The summed E-state index contributed by atoms with van der Waals surface area (Å²) in [6.07, 6.45) is 0. The Kier molecular flexibility index (Phi) is 2.57. The highest BCUT2D eigenvalue weighted by Crippen LogP contribution is 2.26. The molecule has 3 nitrogen and oxygen atoms in total. The summed E-state index contributed by atoms with van der Waals surface area (Å²) in [5.74, 6) is 0.530. The number of nitrogens with zero attached hydrogens (tertiary/aromatic N) is 2. The average Bonchev–Trinajstić information content (AvgIpc) is 2.61. The molecule has 0 spiro atoms. The van der Waals surface area contributed by atoms with Crippen LogP contribution in [0.1, 0.15) is 11.3 Å². The van der Waals surface area contributed by atoms with Gasteiger partial charge < -0.3 is 4.52 Å². The molecule has 0 saturated carbocycles. The zero-order chi connectivity index (χ0) is 10.8. The third-order valence-corrected chi connectivity index (χ3v) is 2.61. The summed E-state index contributed by atoms with van der Waals surface area (Å²) in [7, 11) is 0. The minimum absolute atomic E-state index is 0.498. The summed E-state index contributed by atoms with van der Waals surface area (Å²) < 4.78 is 6.11. The fraction of sp³-hybridized carbons (Fsp3) is 0.0909. The highest BCUT2D eigenvalue weighted by Gasteiger charge is 2.13. The molecule has 2 rings (SSSR count). The topological polar surface area (TPSA) is 49.8 Å². The van der Waals surface area contributed by atoms with Gasteiger partial charge >= 0.3 is 0 Å². The van der Waals surface area contributed by atoms with Gasteiger partial charge in [-0.1, -0.05) is 21.1 Å². The maximum atomic E-state index is 8.94. The van der Waals surface area contributed by atoms with Gasteiger partial charge in [-0.15, -0.1) is 0 Å². The SMILES string of the molecule is Cc1noc(-c2ccc(Br)cc2)c1C#N. The van der Waals surface area contributed by atoms with Crippen LogP contribution in [0.3, 0.4) is 0 Å². The van der Waals surface area contributed by atoms with Crippen LogP contribution in [-0.4, -0.2) is 5.16 Å². The van der Waals surface area contributed by atoms with Gasteiger partial charge in [-0.25, -0.2) is 0 Å². The lowest BCUT2D eigenvalue weighted by atomic mass is 10.1. The van der Waals surface area contributed by atoms with Crippen molar-refractivity contribution in [1.29, 1.82) is 5.26 Å². The van der Waals surface area contributed by atoms with Crippen molar-refractivity contribution >= 4 is 15.9 Å². The van der Waals surface area contributed by atoms with E-state index in [9.17, 15) is 0 Å². The first-order valence-electron chi connectivity index (χ1n) is 4.34. The molecule has 0 aliphatic heterocycles. The molecule has 0 N–H and O–H groups in total. The Hall–Kier alpha value is -1.60. The van der Waals surface area contributed by atoms with Gasteiger partial charge in [-0.05, 0) is 31.2 Å². The fourth-order valence-corrected chi connectivity index (χ4v) is 1.56. The number of nitriles is 1. The molecule has 0 unspecified atom stereocenters. The van der Waals surface area contributed by atoms with Crippen LogP contribution in [0.5, 0.6) is 0 Å². The minimum Gasteiger partial charge on any atom is -0.355 e. The predicted molar refractivity (Wildman–Crippen MR) is 59.1 cm³/mol. The van der Waals surface area contributed by atoms with E-state index in [4.69, 9.17) is 9.78 Å². The van der Waals surface area contributed by atoms with Gasteiger partial charge in [0.1, 0.15) is 11.6 Å². The molecule has 0 aliphatic rings. The van der Waals surface area contributed by atoms with Crippen molar-refractivity contribution in [2.45, 2.75) is 6.92 Å². The number of hydrogen-bond donors (Lipinski definition) is 0. The Bertz CT molecular complexity index is 523. The number of halogens is 1. The van der Waals surface area contributed by atoms with E-state index >= 15 is 0 Å². The molecule has 1 aromatic heterocycles. The van der Waals surface area contributed by atoms with E-state index in [0.29, 0.717) is 17.0 Å². The summed E-state index contributed by atoms with van der Waals surface area (Å²) in [5.41, 5.74) is 1.98. The highest BCUT2D eigenvalue weighted by atomic mass is 79.9. The van der Waals surface area contributed by atoms with Crippen LogP contribution in [0.4, 0.5) is 0 Å². The lowest BCUT2D eigenvalue weighted by molar-refractivity contribution is 0.427. The monoisotopic (exact) mass is 262 g/mol. The molecule has 2 aromatic rings. The van der Waals surface area contributed by atoms with Crippen LogP contribution in [0.2, 0.25) is 0 Å². The van der Waals surface area contributed by atoms with Crippen molar-refractivity contribution in [2.75, 3.05) is 0 Å². The van der Waals surface area contributed by atoms with E-state index < -0.39 is 0 Å². The van der Waals surface area contributed by atoms with Crippen molar-refractivity contribution < 1.29 is 4.52 Å². The molecular formula is C11H7BrN2O. The second-order valence-corrected chi connectivity index (χ2v) is 4.01. The lowest BCUT2D eigenvalue weighted by Gasteiger charge is -1.96. The van der Waals surface area contributed by atoms with Gasteiger partial charge in [0.2, 0.25) is 0 Å². The zero-order valence-electron chi connectivity index (χ0n) is 7.99. The number of aryl methyl sites for hydroxylation is 1. The van der Waals surface area contributed by atoms with Gasteiger partial charge in [0.25, 0.3) is 0 Å². The average molecular weight is 263 g/mol. The summed E-state index contributed by atoms with van der Waals surface area (Å²) in [6, 6.07) is 9.64. The van der Waals surface area contributed by atoms with Crippen molar-refractivity contribution in [1.82, 2.24) is 5.16 Å².